The number of benzene rings is 2. The van der Waals surface area contributed by atoms with Crippen molar-refractivity contribution in [2.45, 2.75) is 26.9 Å². The van der Waals surface area contributed by atoms with Crippen LogP contribution < -0.4 is 10.1 Å². The number of hydrogen-bond donors (Lipinski definition) is 1. The highest BCUT2D eigenvalue weighted by Gasteiger charge is 2.11. The maximum atomic E-state index is 12.5. The van der Waals surface area contributed by atoms with Crippen molar-refractivity contribution < 1.29 is 9.53 Å². The molecule has 0 atom stereocenters. The molecule has 2 aromatic carbocycles. The summed E-state index contributed by atoms with van der Waals surface area (Å²) in [4.78, 5) is 14.9. The van der Waals surface area contributed by atoms with E-state index in [2.05, 4.69) is 42.8 Å². The second-order valence-electron chi connectivity index (χ2n) is 6.06. The van der Waals surface area contributed by atoms with Gasteiger partial charge in [-0.1, -0.05) is 62.9 Å². The zero-order chi connectivity index (χ0) is 18.8. The molecule has 1 N–H and O–H groups in total. The van der Waals surface area contributed by atoms with Gasteiger partial charge >= 0.3 is 0 Å². The topological polar surface area (TPSA) is 41.6 Å². The molecule has 0 saturated carbocycles. The summed E-state index contributed by atoms with van der Waals surface area (Å²) in [7, 11) is 0. The SMILES string of the molecule is C=CCOc1ccccc1C(=O)NCc1cccc(CN(CC)CC)c1. The number of carbonyl (C=O) groups excluding carboxylic acids is 1. The Morgan fingerprint density at radius 3 is 2.58 bits per heavy atom. The van der Waals surface area contributed by atoms with Crippen LogP contribution in [-0.4, -0.2) is 30.5 Å². The fourth-order valence-corrected chi connectivity index (χ4v) is 2.75. The predicted molar refractivity (Wildman–Crippen MR) is 106 cm³/mol. The first-order valence-electron chi connectivity index (χ1n) is 9.09. The molecule has 2 aromatic rings. The van der Waals surface area contributed by atoms with Gasteiger partial charge in [-0.15, -0.1) is 0 Å². The molecule has 4 heteroatoms. The lowest BCUT2D eigenvalue weighted by Gasteiger charge is -2.18. The molecular weight excluding hydrogens is 324 g/mol. The van der Waals surface area contributed by atoms with Gasteiger partial charge in [-0.3, -0.25) is 9.69 Å². The van der Waals surface area contributed by atoms with Gasteiger partial charge in [0.1, 0.15) is 12.4 Å². The molecule has 0 heterocycles. The summed E-state index contributed by atoms with van der Waals surface area (Å²) in [5.74, 6) is 0.430. The van der Waals surface area contributed by atoms with Crippen molar-refractivity contribution in [2.24, 2.45) is 0 Å². The summed E-state index contributed by atoms with van der Waals surface area (Å²) in [6.45, 7) is 11.8. The van der Waals surface area contributed by atoms with Gasteiger partial charge in [0.25, 0.3) is 5.91 Å². The molecular formula is C22H28N2O2. The first-order valence-corrected chi connectivity index (χ1v) is 9.09. The normalized spacial score (nSPS) is 10.6. The minimum atomic E-state index is -0.140. The van der Waals surface area contributed by atoms with Gasteiger partial charge < -0.3 is 10.1 Å². The molecule has 0 saturated heterocycles. The van der Waals surface area contributed by atoms with Gasteiger partial charge in [0.15, 0.2) is 0 Å². The molecule has 0 aliphatic carbocycles. The Balaban J connectivity index is 2.00. The Kier molecular flexibility index (Phi) is 7.90. The minimum Gasteiger partial charge on any atom is -0.489 e. The van der Waals surface area contributed by atoms with Crippen molar-refractivity contribution in [2.75, 3.05) is 19.7 Å². The maximum Gasteiger partial charge on any atom is 0.255 e. The van der Waals surface area contributed by atoms with Crippen LogP contribution in [0.4, 0.5) is 0 Å². The van der Waals surface area contributed by atoms with Crippen LogP contribution in [0.2, 0.25) is 0 Å². The number of ether oxygens (including phenoxy) is 1. The largest absolute Gasteiger partial charge is 0.489 e. The number of nitrogens with zero attached hydrogens (tertiary/aromatic N) is 1. The summed E-state index contributed by atoms with van der Waals surface area (Å²) in [6, 6.07) is 15.6. The predicted octanol–water partition coefficient (Wildman–Crippen LogP) is 4.02. The van der Waals surface area contributed by atoms with E-state index in [4.69, 9.17) is 4.74 Å². The summed E-state index contributed by atoms with van der Waals surface area (Å²) < 4.78 is 5.56. The van der Waals surface area contributed by atoms with Gasteiger partial charge in [0.05, 0.1) is 5.56 Å². The van der Waals surface area contributed by atoms with Crippen molar-refractivity contribution in [1.82, 2.24) is 10.2 Å². The molecule has 0 aromatic heterocycles. The fraction of sp³-hybridized carbons (Fsp3) is 0.318. The van der Waals surface area contributed by atoms with E-state index < -0.39 is 0 Å². The summed E-state index contributed by atoms with van der Waals surface area (Å²) >= 11 is 0. The van der Waals surface area contributed by atoms with E-state index in [0.717, 1.165) is 25.2 Å². The molecule has 0 fully saturated rings. The Morgan fingerprint density at radius 1 is 1.12 bits per heavy atom. The zero-order valence-corrected chi connectivity index (χ0v) is 15.7. The second kappa shape index (κ2) is 10.4. The lowest BCUT2D eigenvalue weighted by Crippen LogP contribution is -2.24. The number of carbonyl (C=O) groups is 1. The third-order valence-electron chi connectivity index (χ3n) is 4.23. The van der Waals surface area contributed by atoms with E-state index in [1.54, 1.807) is 18.2 Å². The molecule has 1 amide bonds. The van der Waals surface area contributed by atoms with E-state index in [1.807, 2.05) is 24.3 Å². The van der Waals surface area contributed by atoms with Crippen LogP contribution in [0.15, 0.2) is 61.2 Å². The molecule has 0 unspecified atom stereocenters. The average Bonchev–Trinajstić information content (AvgIpc) is 2.69. The highest BCUT2D eigenvalue weighted by atomic mass is 16.5. The van der Waals surface area contributed by atoms with Crippen LogP contribution in [0.25, 0.3) is 0 Å². The molecule has 0 bridgehead atoms. The van der Waals surface area contributed by atoms with E-state index in [1.165, 1.54) is 5.56 Å². The van der Waals surface area contributed by atoms with E-state index in [0.29, 0.717) is 24.5 Å². The molecule has 0 radical (unpaired) electrons. The van der Waals surface area contributed by atoms with Gasteiger partial charge in [-0.25, -0.2) is 0 Å². The average molecular weight is 352 g/mol. The monoisotopic (exact) mass is 352 g/mol. The maximum absolute atomic E-state index is 12.5. The van der Waals surface area contributed by atoms with Crippen LogP contribution in [0.3, 0.4) is 0 Å². The number of hydrogen-bond acceptors (Lipinski definition) is 3. The molecule has 0 spiro atoms. The van der Waals surface area contributed by atoms with Crippen molar-refractivity contribution in [3.05, 3.63) is 77.9 Å². The lowest BCUT2D eigenvalue weighted by atomic mass is 10.1. The third-order valence-corrected chi connectivity index (χ3v) is 4.23. The molecule has 0 aliphatic heterocycles. The molecule has 0 aliphatic rings. The van der Waals surface area contributed by atoms with E-state index in [9.17, 15) is 4.79 Å². The smallest absolute Gasteiger partial charge is 0.255 e. The van der Waals surface area contributed by atoms with E-state index >= 15 is 0 Å². The van der Waals surface area contributed by atoms with Crippen molar-refractivity contribution in [3.63, 3.8) is 0 Å². The quantitative estimate of drug-likeness (QED) is 0.657. The fourth-order valence-electron chi connectivity index (χ4n) is 2.75. The first kappa shape index (κ1) is 19.7. The Hall–Kier alpha value is -2.59. The van der Waals surface area contributed by atoms with Crippen molar-refractivity contribution in [1.29, 1.82) is 0 Å². The second-order valence-corrected chi connectivity index (χ2v) is 6.06. The Morgan fingerprint density at radius 2 is 1.85 bits per heavy atom. The first-order chi connectivity index (χ1) is 12.7. The van der Waals surface area contributed by atoms with E-state index in [-0.39, 0.29) is 5.91 Å². The van der Waals surface area contributed by atoms with Crippen LogP contribution >= 0.6 is 0 Å². The molecule has 4 nitrogen and oxygen atoms in total. The van der Waals surface area contributed by atoms with Crippen LogP contribution in [0.1, 0.15) is 35.3 Å². The van der Waals surface area contributed by atoms with Gasteiger partial charge in [-0.05, 0) is 36.3 Å². The molecule has 26 heavy (non-hydrogen) atoms. The molecule has 138 valence electrons. The summed E-state index contributed by atoms with van der Waals surface area (Å²) in [5, 5.41) is 2.98. The summed E-state index contributed by atoms with van der Waals surface area (Å²) in [6.07, 6.45) is 1.66. The summed E-state index contributed by atoms with van der Waals surface area (Å²) in [5.41, 5.74) is 2.89. The van der Waals surface area contributed by atoms with Crippen LogP contribution in [0, 0.1) is 0 Å². The van der Waals surface area contributed by atoms with Crippen molar-refractivity contribution >= 4 is 5.91 Å². The highest BCUT2D eigenvalue weighted by Crippen LogP contribution is 2.18. The number of nitrogens with one attached hydrogen (secondary N) is 1. The standard InChI is InChI=1S/C22H28N2O2/c1-4-14-26-21-13-8-7-12-20(21)22(25)23-16-18-10-9-11-19(15-18)17-24(5-2)6-3/h4,7-13,15H,1,5-6,14,16-17H2,2-3H3,(H,23,25). The van der Waals surface area contributed by atoms with Crippen molar-refractivity contribution in [3.8, 4) is 5.75 Å². The number of para-hydroxylation sites is 1. The number of rotatable bonds is 10. The lowest BCUT2D eigenvalue weighted by molar-refractivity contribution is 0.0947. The Bertz CT molecular complexity index is 724. The highest BCUT2D eigenvalue weighted by molar-refractivity contribution is 5.96. The third kappa shape index (κ3) is 5.74. The van der Waals surface area contributed by atoms with Crippen LogP contribution in [-0.2, 0) is 13.1 Å². The Labute approximate surface area is 156 Å². The van der Waals surface area contributed by atoms with Crippen LogP contribution in [0.5, 0.6) is 5.75 Å². The zero-order valence-electron chi connectivity index (χ0n) is 15.7. The minimum absolute atomic E-state index is 0.140. The molecule has 2 rings (SSSR count). The van der Waals surface area contributed by atoms with Gasteiger partial charge in [0.2, 0.25) is 0 Å². The van der Waals surface area contributed by atoms with Gasteiger partial charge in [-0.2, -0.15) is 0 Å². The number of amides is 1. The van der Waals surface area contributed by atoms with Gasteiger partial charge in [0, 0.05) is 13.1 Å².